The van der Waals surface area contributed by atoms with Crippen LogP contribution in [-0.4, -0.2) is 20.3 Å². The minimum Gasteiger partial charge on any atom is -0.388 e. The van der Waals surface area contributed by atoms with Crippen LogP contribution in [0.4, 0.5) is 0 Å². The molecule has 0 amide bonds. The monoisotopic (exact) mass is 262 g/mol. The highest BCUT2D eigenvalue weighted by molar-refractivity contribution is 4.94. The summed E-state index contributed by atoms with van der Waals surface area (Å²) < 4.78 is 2.04. The predicted molar refractivity (Wildman–Crippen MR) is 75.7 cm³/mol. The Morgan fingerprint density at radius 2 is 2.00 bits per heavy atom. The van der Waals surface area contributed by atoms with Crippen molar-refractivity contribution in [1.29, 1.82) is 0 Å². The summed E-state index contributed by atoms with van der Waals surface area (Å²) in [7, 11) is 0. The van der Waals surface area contributed by atoms with Crippen LogP contribution in [0.1, 0.15) is 57.8 Å². The second kappa shape index (κ2) is 5.66. The van der Waals surface area contributed by atoms with Crippen molar-refractivity contribution >= 4 is 0 Å². The minimum absolute atomic E-state index is 0.488. The van der Waals surface area contributed by atoms with Gasteiger partial charge in [0.2, 0.25) is 0 Å². The van der Waals surface area contributed by atoms with Crippen molar-refractivity contribution in [1.82, 2.24) is 9.55 Å². The van der Waals surface area contributed by atoms with E-state index in [1.807, 2.05) is 17.1 Å². The third kappa shape index (κ3) is 3.02. The van der Waals surface area contributed by atoms with Crippen LogP contribution in [0.15, 0.2) is 18.7 Å². The van der Waals surface area contributed by atoms with Gasteiger partial charge in [-0.2, -0.15) is 0 Å². The average molecular weight is 262 g/mol. The molecule has 3 heteroatoms. The molecule has 1 heterocycles. The first kappa shape index (κ1) is 13.2. The molecule has 19 heavy (non-hydrogen) atoms. The summed E-state index contributed by atoms with van der Waals surface area (Å²) in [6.45, 7) is 0.727. The zero-order valence-electron chi connectivity index (χ0n) is 11.8. The van der Waals surface area contributed by atoms with Gasteiger partial charge in [-0.25, -0.2) is 4.98 Å². The van der Waals surface area contributed by atoms with E-state index >= 15 is 0 Å². The second-order valence-electron chi connectivity index (χ2n) is 6.67. The van der Waals surface area contributed by atoms with Gasteiger partial charge in [-0.3, -0.25) is 0 Å². The van der Waals surface area contributed by atoms with Crippen LogP contribution in [0, 0.1) is 11.8 Å². The van der Waals surface area contributed by atoms with Gasteiger partial charge in [0.25, 0.3) is 0 Å². The normalized spacial score (nSPS) is 32.8. The Morgan fingerprint density at radius 3 is 2.74 bits per heavy atom. The van der Waals surface area contributed by atoms with Crippen LogP contribution in [0.5, 0.6) is 0 Å². The van der Waals surface area contributed by atoms with Gasteiger partial charge in [0, 0.05) is 12.4 Å². The predicted octanol–water partition coefficient (Wildman–Crippen LogP) is 3.38. The van der Waals surface area contributed by atoms with E-state index in [0.29, 0.717) is 5.92 Å². The van der Waals surface area contributed by atoms with Crippen molar-refractivity contribution in [2.45, 2.75) is 69.9 Å². The first-order chi connectivity index (χ1) is 9.26. The lowest BCUT2D eigenvalue weighted by Gasteiger charge is -2.34. The number of aliphatic hydroxyl groups is 1. The topological polar surface area (TPSA) is 38.0 Å². The molecule has 1 aromatic rings. The number of imidazole rings is 1. The molecule has 2 unspecified atom stereocenters. The van der Waals surface area contributed by atoms with Gasteiger partial charge in [0.15, 0.2) is 0 Å². The van der Waals surface area contributed by atoms with E-state index < -0.39 is 5.60 Å². The highest BCUT2D eigenvalue weighted by atomic mass is 16.3. The molecule has 1 N–H and O–H groups in total. The van der Waals surface area contributed by atoms with Crippen molar-refractivity contribution in [3.05, 3.63) is 18.7 Å². The minimum atomic E-state index is -0.488. The molecule has 0 bridgehead atoms. The molecule has 2 aliphatic rings. The third-order valence-corrected chi connectivity index (χ3v) is 5.28. The summed E-state index contributed by atoms with van der Waals surface area (Å²) in [5.41, 5.74) is -0.488. The van der Waals surface area contributed by atoms with Crippen LogP contribution >= 0.6 is 0 Å². The van der Waals surface area contributed by atoms with Crippen LogP contribution < -0.4 is 0 Å². The Balaban J connectivity index is 1.62. The van der Waals surface area contributed by atoms with Gasteiger partial charge in [-0.1, -0.05) is 38.5 Å². The zero-order valence-corrected chi connectivity index (χ0v) is 11.8. The van der Waals surface area contributed by atoms with E-state index in [1.54, 1.807) is 6.20 Å². The molecule has 0 aliphatic heterocycles. The number of nitrogens with zero attached hydrogens (tertiary/aromatic N) is 2. The van der Waals surface area contributed by atoms with Crippen LogP contribution in [0.3, 0.4) is 0 Å². The van der Waals surface area contributed by atoms with E-state index in [-0.39, 0.29) is 0 Å². The van der Waals surface area contributed by atoms with Gasteiger partial charge in [-0.15, -0.1) is 0 Å². The fraction of sp³-hybridized carbons (Fsp3) is 0.812. The lowest BCUT2D eigenvalue weighted by Crippen LogP contribution is -2.38. The van der Waals surface area contributed by atoms with Crippen LogP contribution in [-0.2, 0) is 6.54 Å². The molecule has 2 aliphatic carbocycles. The first-order valence-corrected chi connectivity index (χ1v) is 7.94. The van der Waals surface area contributed by atoms with Crippen molar-refractivity contribution in [3.8, 4) is 0 Å². The van der Waals surface area contributed by atoms with Crippen molar-refractivity contribution in [3.63, 3.8) is 0 Å². The number of hydrogen-bond acceptors (Lipinski definition) is 2. The maximum Gasteiger partial charge on any atom is 0.0946 e. The molecule has 3 rings (SSSR count). The fourth-order valence-electron chi connectivity index (χ4n) is 4.19. The highest BCUT2D eigenvalue weighted by Gasteiger charge is 2.42. The zero-order chi connectivity index (χ0) is 13.1. The molecule has 2 atom stereocenters. The Kier molecular flexibility index (Phi) is 3.92. The van der Waals surface area contributed by atoms with Crippen LogP contribution in [0.2, 0.25) is 0 Å². The lowest BCUT2D eigenvalue weighted by atomic mass is 9.78. The highest BCUT2D eigenvalue weighted by Crippen LogP contribution is 2.43. The fourth-order valence-corrected chi connectivity index (χ4v) is 4.19. The van der Waals surface area contributed by atoms with E-state index in [4.69, 9.17) is 0 Å². The van der Waals surface area contributed by atoms with E-state index in [9.17, 15) is 5.11 Å². The standard InChI is InChI=1S/C16H26N2O/c19-16(12-18-10-9-17-13-18)8-4-7-15(16)11-14-5-2-1-3-6-14/h9-10,13-15,19H,1-8,11-12H2. The Hall–Kier alpha value is -0.830. The third-order valence-electron chi connectivity index (χ3n) is 5.28. The van der Waals surface area contributed by atoms with Crippen molar-refractivity contribution < 1.29 is 5.11 Å². The maximum absolute atomic E-state index is 11.0. The van der Waals surface area contributed by atoms with E-state index in [2.05, 4.69) is 4.98 Å². The molecule has 106 valence electrons. The summed E-state index contributed by atoms with van der Waals surface area (Å²) in [4.78, 5) is 4.09. The van der Waals surface area contributed by atoms with E-state index in [1.165, 1.54) is 51.4 Å². The molecule has 1 aromatic heterocycles. The number of aromatic nitrogens is 2. The second-order valence-corrected chi connectivity index (χ2v) is 6.67. The average Bonchev–Trinajstić information content (AvgIpc) is 3.03. The van der Waals surface area contributed by atoms with Crippen LogP contribution in [0.25, 0.3) is 0 Å². The summed E-state index contributed by atoms with van der Waals surface area (Å²) >= 11 is 0. The smallest absolute Gasteiger partial charge is 0.0946 e. The van der Waals surface area contributed by atoms with Crippen molar-refractivity contribution in [2.75, 3.05) is 0 Å². The molecule has 0 spiro atoms. The molecular weight excluding hydrogens is 236 g/mol. The summed E-state index contributed by atoms with van der Waals surface area (Å²) in [5.74, 6) is 1.36. The molecule has 2 fully saturated rings. The Morgan fingerprint density at radius 1 is 1.16 bits per heavy atom. The van der Waals surface area contributed by atoms with Crippen molar-refractivity contribution in [2.24, 2.45) is 11.8 Å². The van der Waals surface area contributed by atoms with Gasteiger partial charge >= 0.3 is 0 Å². The SMILES string of the molecule is OC1(Cn2ccnc2)CCCC1CC1CCCCC1. The molecule has 3 nitrogen and oxygen atoms in total. The van der Waals surface area contributed by atoms with Gasteiger partial charge in [0.05, 0.1) is 18.5 Å². The summed E-state index contributed by atoms with van der Waals surface area (Å²) in [5, 5.41) is 11.0. The van der Waals surface area contributed by atoms with E-state index in [0.717, 1.165) is 18.9 Å². The number of rotatable bonds is 4. The maximum atomic E-state index is 11.0. The Bertz CT molecular complexity index is 383. The molecule has 2 saturated carbocycles. The number of hydrogen-bond donors (Lipinski definition) is 1. The first-order valence-electron chi connectivity index (χ1n) is 7.94. The van der Waals surface area contributed by atoms with Gasteiger partial charge < -0.3 is 9.67 Å². The Labute approximate surface area is 116 Å². The molecule has 0 radical (unpaired) electrons. The lowest BCUT2D eigenvalue weighted by molar-refractivity contribution is -0.0234. The summed E-state index contributed by atoms with van der Waals surface area (Å²) in [6.07, 6.45) is 17.2. The summed E-state index contributed by atoms with van der Waals surface area (Å²) in [6, 6.07) is 0. The molecule has 0 aromatic carbocycles. The quantitative estimate of drug-likeness (QED) is 0.903. The van der Waals surface area contributed by atoms with Gasteiger partial charge in [0.1, 0.15) is 0 Å². The van der Waals surface area contributed by atoms with Gasteiger partial charge in [-0.05, 0) is 31.1 Å². The largest absolute Gasteiger partial charge is 0.388 e. The molecular formula is C16H26N2O. The molecule has 0 saturated heterocycles.